The van der Waals surface area contributed by atoms with Gasteiger partial charge in [-0.3, -0.25) is 4.79 Å². The zero-order valence-electron chi connectivity index (χ0n) is 9.11. The van der Waals surface area contributed by atoms with Crippen LogP contribution in [0.5, 0.6) is 0 Å². The molecular formula is C11H20BrNO. The van der Waals surface area contributed by atoms with Gasteiger partial charge in [0.1, 0.15) is 0 Å². The summed E-state index contributed by atoms with van der Waals surface area (Å²) in [6, 6.07) is 0. The van der Waals surface area contributed by atoms with Crippen molar-refractivity contribution in [1.29, 1.82) is 0 Å². The second-order valence-corrected chi connectivity index (χ2v) is 5.19. The Kier molecular flexibility index (Phi) is 4.42. The fraction of sp³-hybridized carbons (Fsp3) is 0.909. The van der Waals surface area contributed by atoms with E-state index in [1.54, 1.807) is 0 Å². The van der Waals surface area contributed by atoms with Crippen molar-refractivity contribution >= 4 is 21.8 Å². The minimum absolute atomic E-state index is 0.214. The molecule has 1 saturated carbocycles. The molecule has 1 amide bonds. The van der Waals surface area contributed by atoms with Gasteiger partial charge in [-0.2, -0.15) is 0 Å². The molecule has 0 radical (unpaired) electrons. The number of hydrogen-bond acceptors (Lipinski definition) is 1. The third kappa shape index (κ3) is 3.60. The maximum atomic E-state index is 11.5. The van der Waals surface area contributed by atoms with E-state index in [1.807, 2.05) is 0 Å². The van der Waals surface area contributed by atoms with Gasteiger partial charge >= 0.3 is 0 Å². The highest BCUT2D eigenvalue weighted by Crippen LogP contribution is 2.46. The minimum Gasteiger partial charge on any atom is -0.356 e. The molecule has 0 saturated heterocycles. The van der Waals surface area contributed by atoms with Crippen LogP contribution in [0.4, 0.5) is 0 Å². The highest BCUT2D eigenvalue weighted by molar-refractivity contribution is 9.09. The number of hydrogen-bond donors (Lipinski definition) is 1. The first-order valence-corrected chi connectivity index (χ1v) is 6.57. The number of carbonyl (C=O) groups excluding carboxylic acids is 1. The average molecular weight is 262 g/mol. The van der Waals surface area contributed by atoms with Crippen LogP contribution in [0.1, 0.15) is 39.5 Å². The van der Waals surface area contributed by atoms with Gasteiger partial charge in [0, 0.05) is 18.3 Å². The fourth-order valence-electron chi connectivity index (χ4n) is 1.35. The van der Waals surface area contributed by atoms with E-state index in [1.165, 1.54) is 12.8 Å². The Morgan fingerprint density at radius 3 is 2.64 bits per heavy atom. The van der Waals surface area contributed by atoms with Crippen molar-refractivity contribution in [2.24, 2.45) is 11.3 Å². The maximum Gasteiger partial charge on any atom is 0.220 e. The zero-order chi connectivity index (χ0) is 10.6. The number of rotatable bonds is 6. The summed E-state index contributed by atoms with van der Waals surface area (Å²) in [5.41, 5.74) is 0.394. The van der Waals surface area contributed by atoms with E-state index in [9.17, 15) is 4.79 Å². The summed E-state index contributed by atoms with van der Waals surface area (Å²) < 4.78 is 0. The van der Waals surface area contributed by atoms with Gasteiger partial charge in [-0.05, 0) is 24.2 Å². The summed E-state index contributed by atoms with van der Waals surface area (Å²) in [5.74, 6) is 0.723. The molecule has 1 aliphatic carbocycles. The topological polar surface area (TPSA) is 29.1 Å². The normalized spacial score (nSPS) is 20.2. The number of alkyl halides is 1. The molecule has 1 aliphatic rings. The van der Waals surface area contributed by atoms with E-state index in [4.69, 9.17) is 0 Å². The lowest BCUT2D eigenvalue weighted by Gasteiger charge is -2.14. The Balaban J connectivity index is 2.15. The van der Waals surface area contributed by atoms with Crippen LogP contribution in [0.3, 0.4) is 0 Å². The Morgan fingerprint density at radius 2 is 2.21 bits per heavy atom. The highest BCUT2D eigenvalue weighted by Gasteiger charge is 2.41. The Hall–Kier alpha value is -0.0500. The van der Waals surface area contributed by atoms with E-state index in [0.29, 0.717) is 17.8 Å². The van der Waals surface area contributed by atoms with Crippen molar-refractivity contribution in [2.75, 3.05) is 11.9 Å². The number of amides is 1. The monoisotopic (exact) mass is 261 g/mol. The van der Waals surface area contributed by atoms with Crippen molar-refractivity contribution in [1.82, 2.24) is 5.32 Å². The molecule has 2 nitrogen and oxygen atoms in total. The summed E-state index contributed by atoms with van der Waals surface area (Å²) >= 11 is 3.50. The number of nitrogens with one attached hydrogen (secondary N) is 1. The fourth-order valence-corrected chi connectivity index (χ4v) is 2.11. The highest BCUT2D eigenvalue weighted by atomic mass is 79.9. The van der Waals surface area contributed by atoms with Crippen LogP contribution in [-0.4, -0.2) is 17.8 Å². The van der Waals surface area contributed by atoms with Gasteiger partial charge < -0.3 is 5.32 Å². The molecule has 1 fully saturated rings. The molecule has 1 unspecified atom stereocenters. The van der Waals surface area contributed by atoms with E-state index in [-0.39, 0.29) is 5.91 Å². The lowest BCUT2D eigenvalue weighted by atomic mass is 10.0. The summed E-state index contributed by atoms with van der Waals surface area (Å²) in [7, 11) is 0. The molecule has 82 valence electrons. The van der Waals surface area contributed by atoms with Crippen LogP contribution in [0.25, 0.3) is 0 Å². The lowest BCUT2D eigenvalue weighted by Crippen LogP contribution is -2.31. The molecule has 0 spiro atoms. The van der Waals surface area contributed by atoms with Gasteiger partial charge in [0.2, 0.25) is 5.91 Å². The van der Waals surface area contributed by atoms with Crippen LogP contribution in [0, 0.1) is 11.3 Å². The summed E-state index contributed by atoms with van der Waals surface area (Å²) in [6.07, 6.45) is 4.26. The van der Waals surface area contributed by atoms with E-state index in [2.05, 4.69) is 35.1 Å². The first-order valence-electron chi connectivity index (χ1n) is 5.44. The molecule has 1 atom stereocenters. The average Bonchev–Trinajstić information content (AvgIpc) is 2.95. The molecule has 3 heteroatoms. The van der Waals surface area contributed by atoms with Crippen LogP contribution >= 0.6 is 15.9 Å². The number of halogens is 1. The molecule has 0 aromatic carbocycles. The van der Waals surface area contributed by atoms with Crippen molar-refractivity contribution in [2.45, 2.75) is 39.5 Å². The van der Waals surface area contributed by atoms with Crippen LogP contribution < -0.4 is 5.32 Å². The third-order valence-corrected chi connectivity index (χ3v) is 4.32. The van der Waals surface area contributed by atoms with Gasteiger partial charge in [0.25, 0.3) is 0 Å². The molecule has 0 aromatic heterocycles. The quantitative estimate of drug-likeness (QED) is 0.733. The lowest BCUT2D eigenvalue weighted by molar-refractivity contribution is -0.122. The van der Waals surface area contributed by atoms with Gasteiger partial charge in [-0.15, -0.1) is 0 Å². The van der Waals surface area contributed by atoms with Crippen LogP contribution in [-0.2, 0) is 4.79 Å². The molecule has 0 bridgehead atoms. The molecule has 0 aromatic rings. The van der Waals surface area contributed by atoms with Gasteiger partial charge in [-0.1, -0.05) is 36.2 Å². The maximum absolute atomic E-state index is 11.5. The summed E-state index contributed by atoms with van der Waals surface area (Å²) in [4.78, 5) is 11.5. The Morgan fingerprint density at radius 1 is 1.57 bits per heavy atom. The molecule has 0 heterocycles. The first kappa shape index (κ1) is 12.0. The standard InChI is InChI=1S/C11H20BrNO/c1-3-9(2)6-10(14)13-8-11(7-12)4-5-11/h9H,3-8H2,1-2H3,(H,13,14). The predicted octanol–water partition coefficient (Wildman–Crippen LogP) is 2.71. The second-order valence-electron chi connectivity index (χ2n) is 4.63. The van der Waals surface area contributed by atoms with Gasteiger partial charge in [-0.25, -0.2) is 0 Å². The second kappa shape index (κ2) is 5.15. The van der Waals surface area contributed by atoms with Crippen molar-refractivity contribution in [3.8, 4) is 0 Å². The molecular weight excluding hydrogens is 242 g/mol. The van der Waals surface area contributed by atoms with Crippen molar-refractivity contribution in [3.63, 3.8) is 0 Å². The van der Waals surface area contributed by atoms with Crippen molar-refractivity contribution in [3.05, 3.63) is 0 Å². The van der Waals surface area contributed by atoms with Gasteiger partial charge in [0.15, 0.2) is 0 Å². The SMILES string of the molecule is CCC(C)CC(=O)NCC1(CBr)CC1. The Bertz CT molecular complexity index is 201. The van der Waals surface area contributed by atoms with E-state index in [0.717, 1.165) is 18.3 Å². The number of carbonyl (C=O) groups is 1. The third-order valence-electron chi connectivity index (χ3n) is 3.13. The van der Waals surface area contributed by atoms with Crippen molar-refractivity contribution < 1.29 is 4.79 Å². The summed E-state index contributed by atoms with van der Waals surface area (Å²) in [6.45, 7) is 5.10. The molecule has 1 rings (SSSR count). The predicted molar refractivity (Wildman–Crippen MR) is 62.5 cm³/mol. The molecule has 0 aliphatic heterocycles. The largest absolute Gasteiger partial charge is 0.356 e. The Labute approximate surface area is 95.0 Å². The van der Waals surface area contributed by atoms with Crippen LogP contribution in [0.15, 0.2) is 0 Å². The minimum atomic E-state index is 0.214. The summed E-state index contributed by atoms with van der Waals surface area (Å²) in [5, 5.41) is 4.05. The zero-order valence-corrected chi connectivity index (χ0v) is 10.7. The smallest absolute Gasteiger partial charge is 0.220 e. The molecule has 14 heavy (non-hydrogen) atoms. The van der Waals surface area contributed by atoms with E-state index < -0.39 is 0 Å². The molecule has 1 N–H and O–H groups in total. The van der Waals surface area contributed by atoms with Gasteiger partial charge in [0.05, 0.1) is 0 Å². The van der Waals surface area contributed by atoms with E-state index >= 15 is 0 Å². The first-order chi connectivity index (χ1) is 6.62. The van der Waals surface area contributed by atoms with Crippen LogP contribution in [0.2, 0.25) is 0 Å².